The van der Waals surface area contributed by atoms with Gasteiger partial charge in [0, 0.05) is 4.88 Å². The molecule has 0 radical (unpaired) electrons. The molecule has 22 heavy (non-hydrogen) atoms. The molecule has 0 unspecified atom stereocenters. The van der Waals surface area contributed by atoms with Crippen molar-refractivity contribution in [2.24, 2.45) is 0 Å². The van der Waals surface area contributed by atoms with Gasteiger partial charge in [-0.15, -0.1) is 11.3 Å². The number of carbonyl (C=O) groups excluding carboxylic acids is 1. The van der Waals surface area contributed by atoms with Crippen molar-refractivity contribution in [1.29, 1.82) is 0 Å². The van der Waals surface area contributed by atoms with Crippen LogP contribution in [0.2, 0.25) is 0 Å². The highest BCUT2D eigenvalue weighted by molar-refractivity contribution is 7.14. The highest BCUT2D eigenvalue weighted by atomic mass is 32.1. The van der Waals surface area contributed by atoms with Crippen molar-refractivity contribution in [2.45, 2.75) is 26.7 Å². The molecule has 0 fully saturated rings. The lowest BCUT2D eigenvalue weighted by Crippen LogP contribution is -2.15. The number of aromatic amines is 1. The summed E-state index contributed by atoms with van der Waals surface area (Å²) in [6.07, 6.45) is 0.980. The first kappa shape index (κ1) is 14.7. The van der Waals surface area contributed by atoms with Crippen LogP contribution in [0.5, 0.6) is 0 Å². The molecule has 0 aliphatic carbocycles. The minimum Gasteiger partial charge on any atom is -0.310 e. The molecular formula is C17H16N2O2S. The van der Waals surface area contributed by atoms with Gasteiger partial charge in [0.25, 0.3) is 5.56 Å². The van der Waals surface area contributed by atoms with Crippen molar-refractivity contribution in [3.8, 4) is 0 Å². The fourth-order valence-electron chi connectivity index (χ4n) is 2.36. The molecule has 0 amide bonds. The number of aryl methyl sites for hydroxylation is 2. The molecule has 2 aromatic heterocycles. The summed E-state index contributed by atoms with van der Waals surface area (Å²) in [6.45, 7) is 4.00. The smallest absolute Gasteiger partial charge is 0.258 e. The zero-order valence-electron chi connectivity index (χ0n) is 12.5. The third-order valence-electron chi connectivity index (χ3n) is 3.57. The van der Waals surface area contributed by atoms with E-state index in [4.69, 9.17) is 0 Å². The number of ketones is 1. The normalized spacial score (nSPS) is 11.0. The summed E-state index contributed by atoms with van der Waals surface area (Å²) in [5.74, 6) is 0.392. The molecule has 1 aromatic carbocycles. The molecule has 0 aliphatic rings. The average Bonchev–Trinajstić information content (AvgIpc) is 2.94. The second-order valence-electron chi connectivity index (χ2n) is 5.23. The van der Waals surface area contributed by atoms with Gasteiger partial charge in [-0.05, 0) is 43.2 Å². The van der Waals surface area contributed by atoms with Crippen LogP contribution in [0.25, 0.3) is 10.9 Å². The quantitative estimate of drug-likeness (QED) is 0.752. The molecule has 3 rings (SSSR count). The van der Waals surface area contributed by atoms with E-state index < -0.39 is 0 Å². The van der Waals surface area contributed by atoms with E-state index in [0.29, 0.717) is 21.6 Å². The number of fused-ring (bicyclic) bond motifs is 1. The van der Waals surface area contributed by atoms with Gasteiger partial charge in [-0.1, -0.05) is 13.0 Å². The van der Waals surface area contributed by atoms with E-state index in [1.165, 1.54) is 11.3 Å². The summed E-state index contributed by atoms with van der Waals surface area (Å²) in [4.78, 5) is 33.3. The molecule has 0 spiro atoms. The first-order valence-corrected chi connectivity index (χ1v) is 8.00. The number of Topliss-reactive ketones (excluding diaryl/α,β-unsaturated/α-hetero) is 1. The third kappa shape index (κ3) is 2.85. The number of carbonyl (C=O) groups is 1. The van der Waals surface area contributed by atoms with E-state index in [9.17, 15) is 9.59 Å². The fraction of sp³-hybridized carbons (Fsp3) is 0.235. The number of aromatic nitrogens is 2. The second-order valence-corrected chi connectivity index (χ2v) is 6.52. The van der Waals surface area contributed by atoms with Gasteiger partial charge in [-0.3, -0.25) is 9.59 Å². The summed E-state index contributed by atoms with van der Waals surface area (Å²) < 4.78 is 0. The number of nitrogens with one attached hydrogen (secondary N) is 1. The summed E-state index contributed by atoms with van der Waals surface area (Å²) in [5, 5.41) is 0.572. The van der Waals surface area contributed by atoms with Crippen molar-refractivity contribution in [3.05, 3.63) is 61.8 Å². The lowest BCUT2D eigenvalue weighted by Gasteiger charge is -2.03. The van der Waals surface area contributed by atoms with E-state index in [0.717, 1.165) is 16.9 Å². The van der Waals surface area contributed by atoms with Crippen LogP contribution in [0.15, 0.2) is 35.1 Å². The predicted octanol–water partition coefficient (Wildman–Crippen LogP) is 3.28. The van der Waals surface area contributed by atoms with Gasteiger partial charge < -0.3 is 4.98 Å². The molecule has 0 bridgehead atoms. The molecule has 112 valence electrons. The van der Waals surface area contributed by atoms with Crippen LogP contribution in [0.3, 0.4) is 0 Å². The van der Waals surface area contributed by atoms with Crippen molar-refractivity contribution in [3.63, 3.8) is 0 Å². The Morgan fingerprint density at radius 3 is 2.77 bits per heavy atom. The average molecular weight is 312 g/mol. The molecule has 3 aromatic rings. The van der Waals surface area contributed by atoms with Gasteiger partial charge in [0.15, 0.2) is 5.78 Å². The van der Waals surface area contributed by atoms with E-state index in [1.54, 1.807) is 0 Å². The highest BCUT2D eigenvalue weighted by Crippen LogP contribution is 2.17. The van der Waals surface area contributed by atoms with Crippen molar-refractivity contribution >= 4 is 28.0 Å². The van der Waals surface area contributed by atoms with Crippen LogP contribution in [-0.2, 0) is 12.8 Å². The first-order chi connectivity index (χ1) is 10.6. The van der Waals surface area contributed by atoms with Crippen LogP contribution in [-0.4, -0.2) is 15.8 Å². The maximum absolute atomic E-state index is 12.2. The Hall–Kier alpha value is -2.27. The molecule has 0 saturated heterocycles. The Morgan fingerprint density at radius 2 is 2.09 bits per heavy atom. The highest BCUT2D eigenvalue weighted by Gasteiger charge is 2.12. The zero-order chi connectivity index (χ0) is 15.7. The topological polar surface area (TPSA) is 62.8 Å². The Balaban J connectivity index is 1.95. The molecular weight excluding hydrogens is 296 g/mol. The fourth-order valence-corrected chi connectivity index (χ4v) is 3.17. The number of hydrogen-bond acceptors (Lipinski definition) is 4. The van der Waals surface area contributed by atoms with Gasteiger partial charge in [0.05, 0.1) is 22.2 Å². The van der Waals surface area contributed by atoms with Crippen molar-refractivity contribution in [1.82, 2.24) is 9.97 Å². The molecule has 1 N–H and O–H groups in total. The number of hydrogen-bond donors (Lipinski definition) is 1. The zero-order valence-corrected chi connectivity index (χ0v) is 13.3. The Kier molecular flexibility index (Phi) is 3.90. The van der Waals surface area contributed by atoms with E-state index in [-0.39, 0.29) is 17.8 Å². The van der Waals surface area contributed by atoms with Gasteiger partial charge in [0.2, 0.25) is 0 Å². The van der Waals surface area contributed by atoms with Gasteiger partial charge in [0.1, 0.15) is 5.82 Å². The van der Waals surface area contributed by atoms with E-state index >= 15 is 0 Å². The van der Waals surface area contributed by atoms with Crippen LogP contribution in [0.4, 0.5) is 0 Å². The summed E-state index contributed by atoms with van der Waals surface area (Å²) in [6, 6.07) is 9.39. The number of thiophene rings is 1. The van der Waals surface area contributed by atoms with E-state index in [2.05, 4.69) is 9.97 Å². The molecule has 5 heteroatoms. The maximum atomic E-state index is 12.2. The summed E-state index contributed by atoms with van der Waals surface area (Å²) in [7, 11) is 0. The minimum atomic E-state index is -0.189. The Labute approximate surface area is 131 Å². The van der Waals surface area contributed by atoms with Crippen LogP contribution in [0, 0.1) is 6.92 Å². The largest absolute Gasteiger partial charge is 0.310 e. The molecule has 2 heterocycles. The van der Waals surface area contributed by atoms with Crippen LogP contribution < -0.4 is 5.56 Å². The van der Waals surface area contributed by atoms with Gasteiger partial charge in [-0.25, -0.2) is 4.98 Å². The SMILES string of the molecule is CCc1ccc2nc(CC(=O)c3ccc(C)s3)[nH]c(=O)c2c1. The molecule has 4 nitrogen and oxygen atoms in total. The Bertz CT molecular complexity index is 908. The lowest BCUT2D eigenvalue weighted by molar-refractivity contribution is 0.0994. The van der Waals surface area contributed by atoms with Gasteiger partial charge in [-0.2, -0.15) is 0 Å². The van der Waals surface area contributed by atoms with Crippen molar-refractivity contribution in [2.75, 3.05) is 0 Å². The first-order valence-electron chi connectivity index (χ1n) is 7.18. The van der Waals surface area contributed by atoms with Crippen LogP contribution >= 0.6 is 11.3 Å². The summed E-state index contributed by atoms with van der Waals surface area (Å²) in [5.41, 5.74) is 1.54. The van der Waals surface area contributed by atoms with Gasteiger partial charge >= 0.3 is 0 Å². The van der Waals surface area contributed by atoms with Crippen LogP contribution in [0.1, 0.15) is 32.9 Å². The number of H-pyrrole nitrogens is 1. The standard InChI is InChI=1S/C17H16N2O2S/c1-3-11-5-6-13-12(8-11)17(21)19-16(18-13)9-14(20)15-7-4-10(2)22-15/h4-8H,3,9H2,1-2H3,(H,18,19,21). The molecule has 0 aliphatic heterocycles. The number of rotatable bonds is 4. The summed E-state index contributed by atoms with van der Waals surface area (Å²) >= 11 is 1.46. The Morgan fingerprint density at radius 1 is 1.27 bits per heavy atom. The third-order valence-corrected chi connectivity index (χ3v) is 4.61. The lowest BCUT2D eigenvalue weighted by atomic mass is 10.1. The second kappa shape index (κ2) is 5.85. The monoisotopic (exact) mass is 312 g/mol. The minimum absolute atomic E-state index is 0.0224. The van der Waals surface area contributed by atoms with Crippen molar-refractivity contribution < 1.29 is 4.79 Å². The number of benzene rings is 1. The maximum Gasteiger partial charge on any atom is 0.258 e. The molecule has 0 atom stereocenters. The van der Waals surface area contributed by atoms with E-state index in [1.807, 2.05) is 44.2 Å². The number of nitrogens with zero attached hydrogens (tertiary/aromatic N) is 1. The predicted molar refractivity (Wildman–Crippen MR) is 88.8 cm³/mol. The molecule has 0 saturated carbocycles.